The number of nitrogens with zero attached hydrogens (tertiary/aromatic N) is 2. The standard InChI is InChI=1S/C32H24F2N2O2.C30H26F4O.C28H22F4O/c33-30-18-22(10-16-28(30)25-11-6-23(20-35)7-12-25)4-2-1-3-5-32(37)38-27-15-17-29(31(34)19-27)26-13-8-24(21-36)9-14-26;31-24-11-7-22(8-12-24)27-16-6-21(19-29(27)33)5-3-1-2-4-18-35-26-15-17-28(30(34)20-26)23-9-13-25(32)14-10-23;29-22-9-5-20(6-10-22)25-14-4-19(17-27(25)31)3-1-2-16-33-24-13-15-26(28(32)18-24)21-7-11-23(30)12-8-21/h6-19H,1-5H2;6-17,19-20H,1-5,18H2;4-15,17-18H,1-3,16H2. The van der Waals surface area contributed by atoms with Crippen LogP contribution in [-0.2, 0) is 24.1 Å². The predicted molar refractivity (Wildman–Crippen MR) is 394 cm³/mol. The summed E-state index contributed by atoms with van der Waals surface area (Å²) < 4.78 is 156. The van der Waals surface area contributed by atoms with Crippen LogP contribution >= 0.6 is 0 Å². The SMILES string of the molecule is Fc1ccc(-c2ccc(CCCCCCOc3ccc(-c4ccc(F)cc4)c(F)c3)cc2F)cc1.Fc1ccc(-c2ccc(CCCCOc3ccc(-c4ccc(F)cc4)c(F)c3)cc2F)cc1.N#Cc1ccc(-c2ccc(CCCCCC(=O)Oc3ccc(-c4ccc(C#N)cc4)c(F)c3)cc2F)cc1. The van der Waals surface area contributed by atoms with Gasteiger partial charge in [0.15, 0.2) is 0 Å². The van der Waals surface area contributed by atoms with Gasteiger partial charge in [-0.25, -0.2) is 43.9 Å². The number of carbonyl (C=O) groups is 1. The predicted octanol–water partition coefficient (Wildman–Crippen LogP) is 24.5. The molecule has 0 atom stereocenters. The second-order valence-electron chi connectivity index (χ2n) is 25.1. The summed E-state index contributed by atoms with van der Waals surface area (Å²) >= 11 is 0. The van der Waals surface area contributed by atoms with E-state index < -0.39 is 23.4 Å². The number of hydrogen-bond donors (Lipinski definition) is 0. The van der Waals surface area contributed by atoms with Crippen LogP contribution in [0.1, 0.15) is 92.0 Å². The van der Waals surface area contributed by atoms with Crippen LogP contribution < -0.4 is 14.2 Å². The van der Waals surface area contributed by atoms with E-state index in [1.807, 2.05) is 30.3 Å². The molecule has 0 aliphatic rings. The minimum absolute atomic E-state index is 0.141. The fraction of sp³-hybridized carbons (Fsp3) is 0.167. The lowest BCUT2D eigenvalue weighted by molar-refractivity contribution is -0.134. The van der Waals surface area contributed by atoms with Gasteiger partial charge in [0, 0.05) is 58.0 Å². The van der Waals surface area contributed by atoms with E-state index in [0.29, 0.717) is 116 Å². The Morgan fingerprint density at radius 1 is 0.274 bits per heavy atom. The zero-order chi connectivity index (χ0) is 74.7. The van der Waals surface area contributed by atoms with Crippen molar-refractivity contribution in [2.75, 3.05) is 13.2 Å². The summed E-state index contributed by atoms with van der Waals surface area (Å²) in [5.41, 5.74) is 10.1. The van der Waals surface area contributed by atoms with Crippen molar-refractivity contribution in [2.24, 2.45) is 0 Å². The van der Waals surface area contributed by atoms with Gasteiger partial charge in [0.1, 0.15) is 75.4 Å². The van der Waals surface area contributed by atoms with E-state index in [4.69, 9.17) is 24.7 Å². The van der Waals surface area contributed by atoms with E-state index in [1.165, 1.54) is 91.0 Å². The number of aryl methyl sites for hydroxylation is 3. The molecule has 0 heterocycles. The molecule has 0 aliphatic heterocycles. The molecule has 6 nitrogen and oxygen atoms in total. The molecule has 0 spiro atoms. The second kappa shape index (κ2) is 38.5. The first-order valence-electron chi connectivity index (χ1n) is 34.7. The average Bonchev–Trinajstić information content (AvgIpc) is 0.854. The van der Waals surface area contributed by atoms with E-state index in [0.717, 1.165) is 80.0 Å². The van der Waals surface area contributed by atoms with Gasteiger partial charge in [0.25, 0.3) is 0 Å². The number of halogens is 10. The van der Waals surface area contributed by atoms with Gasteiger partial charge in [0.05, 0.1) is 36.5 Å². The molecule has 0 bridgehead atoms. The number of hydrogen-bond acceptors (Lipinski definition) is 6. The number of nitriles is 2. The van der Waals surface area contributed by atoms with Crippen molar-refractivity contribution in [3.05, 3.63) is 341 Å². The Labute approximate surface area is 610 Å². The lowest BCUT2D eigenvalue weighted by atomic mass is 9.99. The van der Waals surface area contributed by atoms with Crippen molar-refractivity contribution in [2.45, 2.75) is 83.5 Å². The van der Waals surface area contributed by atoms with E-state index in [1.54, 1.807) is 146 Å². The molecule has 12 aromatic rings. The fourth-order valence-electron chi connectivity index (χ4n) is 11.8. The maximum Gasteiger partial charge on any atom is 0.311 e. The van der Waals surface area contributed by atoms with Crippen LogP contribution in [-0.4, -0.2) is 19.2 Å². The molecular formula is C90H72F10N2O4. The van der Waals surface area contributed by atoms with Crippen molar-refractivity contribution in [1.82, 2.24) is 0 Å². The lowest BCUT2D eigenvalue weighted by Crippen LogP contribution is -2.07. The smallest absolute Gasteiger partial charge is 0.311 e. The number of esters is 1. The zero-order valence-electron chi connectivity index (χ0n) is 57.7. The molecular weight excluding hydrogens is 1360 g/mol. The molecule has 0 aliphatic carbocycles. The highest BCUT2D eigenvalue weighted by atomic mass is 19.2. The first-order chi connectivity index (χ1) is 51.4. The van der Waals surface area contributed by atoms with Gasteiger partial charge in [0.2, 0.25) is 0 Å². The Hall–Kier alpha value is -12.0. The zero-order valence-corrected chi connectivity index (χ0v) is 57.7. The molecule has 16 heteroatoms. The van der Waals surface area contributed by atoms with Gasteiger partial charge in [-0.05, 0) is 235 Å². The summed E-state index contributed by atoms with van der Waals surface area (Å²) in [6, 6.07) is 69.3. The molecule has 0 aromatic heterocycles. The third-order valence-corrected chi connectivity index (χ3v) is 17.5. The maximum atomic E-state index is 14.6. The highest BCUT2D eigenvalue weighted by Gasteiger charge is 2.15. The van der Waals surface area contributed by atoms with Crippen molar-refractivity contribution < 1.29 is 62.9 Å². The quantitative estimate of drug-likeness (QED) is 0.0220. The summed E-state index contributed by atoms with van der Waals surface area (Å²) in [7, 11) is 0. The van der Waals surface area contributed by atoms with Gasteiger partial charge in [-0.15, -0.1) is 0 Å². The van der Waals surface area contributed by atoms with E-state index in [2.05, 4.69) is 0 Å². The Kier molecular flexibility index (Phi) is 27.8. The van der Waals surface area contributed by atoms with E-state index in [-0.39, 0.29) is 52.9 Å². The fourth-order valence-corrected chi connectivity index (χ4v) is 11.8. The van der Waals surface area contributed by atoms with Crippen LogP contribution in [0.15, 0.2) is 255 Å². The van der Waals surface area contributed by atoms with Crippen LogP contribution in [0, 0.1) is 80.8 Å². The van der Waals surface area contributed by atoms with E-state index in [9.17, 15) is 48.7 Å². The number of unbranched alkanes of at least 4 members (excludes halogenated alkanes) is 6. The number of rotatable bonds is 27. The molecule has 0 amide bonds. The number of carbonyl (C=O) groups excluding carboxylic acids is 1. The molecule has 0 radical (unpaired) electrons. The number of ether oxygens (including phenoxy) is 3. The summed E-state index contributed by atoms with van der Waals surface area (Å²) in [6.07, 6.45) is 9.69. The van der Waals surface area contributed by atoms with Crippen LogP contribution in [0.4, 0.5) is 43.9 Å². The van der Waals surface area contributed by atoms with Gasteiger partial charge in [-0.2, -0.15) is 10.5 Å². The van der Waals surface area contributed by atoms with Crippen molar-refractivity contribution >= 4 is 5.97 Å². The van der Waals surface area contributed by atoms with Crippen molar-refractivity contribution in [3.63, 3.8) is 0 Å². The second-order valence-corrected chi connectivity index (χ2v) is 25.1. The van der Waals surface area contributed by atoms with Crippen LogP contribution in [0.3, 0.4) is 0 Å². The molecule has 0 saturated carbocycles. The highest BCUT2D eigenvalue weighted by Crippen LogP contribution is 2.33. The molecule has 12 rings (SSSR count). The largest absolute Gasteiger partial charge is 0.493 e. The number of benzene rings is 12. The summed E-state index contributed by atoms with van der Waals surface area (Å²) in [4.78, 5) is 12.2. The molecule has 12 aromatic carbocycles. The summed E-state index contributed by atoms with van der Waals surface area (Å²) in [5.74, 6) is -3.16. The molecule has 536 valence electrons. The Morgan fingerprint density at radius 2 is 0.528 bits per heavy atom. The first-order valence-corrected chi connectivity index (χ1v) is 34.7. The molecule has 0 unspecified atom stereocenters. The highest BCUT2D eigenvalue weighted by molar-refractivity contribution is 5.74. The third-order valence-electron chi connectivity index (χ3n) is 17.5. The Balaban J connectivity index is 0.000000171. The molecule has 0 N–H and O–H groups in total. The van der Waals surface area contributed by atoms with Crippen LogP contribution in [0.25, 0.3) is 66.8 Å². The van der Waals surface area contributed by atoms with Gasteiger partial charge < -0.3 is 14.2 Å². The van der Waals surface area contributed by atoms with Gasteiger partial charge >= 0.3 is 5.97 Å². The minimum atomic E-state index is -0.516. The minimum Gasteiger partial charge on any atom is -0.493 e. The monoisotopic (exact) mass is 1430 g/mol. The van der Waals surface area contributed by atoms with E-state index >= 15 is 0 Å². The van der Waals surface area contributed by atoms with Crippen LogP contribution in [0.2, 0.25) is 0 Å². The average molecular weight is 1440 g/mol. The molecule has 0 fully saturated rings. The topological polar surface area (TPSA) is 92.3 Å². The third kappa shape index (κ3) is 22.5. The molecule has 0 saturated heterocycles. The van der Waals surface area contributed by atoms with Crippen molar-refractivity contribution in [3.8, 4) is 96.1 Å². The lowest BCUT2D eigenvalue weighted by Gasteiger charge is -2.10. The Morgan fingerprint density at radius 3 is 0.840 bits per heavy atom. The summed E-state index contributed by atoms with van der Waals surface area (Å²) in [5, 5.41) is 17.8. The van der Waals surface area contributed by atoms with Gasteiger partial charge in [-0.3, -0.25) is 4.79 Å². The Bertz CT molecular complexity index is 4790. The van der Waals surface area contributed by atoms with Crippen LogP contribution in [0.5, 0.6) is 17.2 Å². The summed E-state index contributed by atoms with van der Waals surface area (Å²) in [6.45, 7) is 0.891. The molecule has 106 heavy (non-hydrogen) atoms. The first kappa shape index (κ1) is 76.6. The van der Waals surface area contributed by atoms with Crippen molar-refractivity contribution in [1.29, 1.82) is 10.5 Å². The maximum absolute atomic E-state index is 14.6. The van der Waals surface area contributed by atoms with Gasteiger partial charge in [-0.1, -0.05) is 128 Å². The normalized spacial score (nSPS) is 10.8.